The molecule has 1 fully saturated rings. The maximum atomic E-state index is 11.9. The fourth-order valence-corrected chi connectivity index (χ4v) is 2.98. The summed E-state index contributed by atoms with van der Waals surface area (Å²) in [6.45, 7) is 3.05. The number of aromatic nitrogens is 4. The van der Waals surface area contributed by atoms with Crippen LogP contribution in [0.5, 0.6) is 0 Å². The monoisotopic (exact) mass is 304 g/mol. The highest BCUT2D eigenvalue weighted by molar-refractivity contribution is 5.81. The first-order valence-electron chi connectivity index (χ1n) is 7.50. The molecule has 8 nitrogen and oxygen atoms in total. The number of hydrogen-bond donors (Lipinski definition) is 2. The van der Waals surface area contributed by atoms with Crippen LogP contribution < -0.4 is 5.73 Å². The summed E-state index contributed by atoms with van der Waals surface area (Å²) in [5.74, 6) is 0.449. The van der Waals surface area contributed by atoms with Gasteiger partial charge >= 0.3 is 0 Å². The third-order valence-corrected chi connectivity index (χ3v) is 4.23. The SMILES string of the molecule is CCC(=O)N1CC[C@H](O)[C@@H](n2cnc3c(N)ncnc32)CC1. The van der Waals surface area contributed by atoms with E-state index < -0.39 is 6.10 Å². The fraction of sp³-hybridized carbons (Fsp3) is 0.571. The zero-order valence-electron chi connectivity index (χ0n) is 12.5. The van der Waals surface area contributed by atoms with Crippen LogP contribution in [0.15, 0.2) is 12.7 Å². The van der Waals surface area contributed by atoms with Crippen molar-refractivity contribution >= 4 is 22.9 Å². The minimum Gasteiger partial charge on any atom is -0.391 e. The Kier molecular flexibility index (Phi) is 3.93. The van der Waals surface area contributed by atoms with Crippen molar-refractivity contribution in [1.29, 1.82) is 0 Å². The molecule has 0 aliphatic carbocycles. The molecule has 0 saturated carbocycles. The number of hydrogen-bond acceptors (Lipinski definition) is 6. The van der Waals surface area contributed by atoms with Crippen LogP contribution >= 0.6 is 0 Å². The molecule has 1 amide bonds. The first-order chi connectivity index (χ1) is 10.6. The van der Waals surface area contributed by atoms with Crippen LogP contribution in [-0.2, 0) is 4.79 Å². The summed E-state index contributed by atoms with van der Waals surface area (Å²) < 4.78 is 1.85. The average molecular weight is 304 g/mol. The molecular formula is C14H20N6O2. The molecule has 3 heterocycles. The lowest BCUT2D eigenvalue weighted by molar-refractivity contribution is -0.130. The van der Waals surface area contributed by atoms with Crippen molar-refractivity contribution in [1.82, 2.24) is 24.4 Å². The van der Waals surface area contributed by atoms with Gasteiger partial charge in [0.05, 0.1) is 18.5 Å². The third kappa shape index (κ3) is 2.50. The zero-order valence-corrected chi connectivity index (χ0v) is 12.5. The van der Waals surface area contributed by atoms with E-state index in [1.54, 1.807) is 6.33 Å². The molecule has 8 heteroatoms. The number of rotatable bonds is 2. The number of likely N-dealkylation sites (tertiary alicyclic amines) is 1. The number of nitrogens with zero attached hydrogens (tertiary/aromatic N) is 5. The molecule has 118 valence electrons. The Balaban J connectivity index is 1.89. The summed E-state index contributed by atoms with van der Waals surface area (Å²) in [6, 6.07) is -0.172. The Morgan fingerprint density at radius 1 is 1.36 bits per heavy atom. The van der Waals surface area contributed by atoms with E-state index in [0.29, 0.717) is 49.3 Å². The second-order valence-electron chi connectivity index (χ2n) is 5.53. The zero-order chi connectivity index (χ0) is 15.7. The van der Waals surface area contributed by atoms with E-state index in [2.05, 4.69) is 15.0 Å². The quantitative estimate of drug-likeness (QED) is 0.828. The largest absolute Gasteiger partial charge is 0.391 e. The van der Waals surface area contributed by atoms with Crippen LogP contribution in [0.4, 0.5) is 5.82 Å². The highest BCUT2D eigenvalue weighted by Gasteiger charge is 2.29. The predicted octanol–water partition coefficient (Wildman–Crippen LogP) is 0.343. The molecule has 3 rings (SSSR count). The smallest absolute Gasteiger partial charge is 0.222 e. The van der Waals surface area contributed by atoms with E-state index in [1.165, 1.54) is 6.33 Å². The van der Waals surface area contributed by atoms with Gasteiger partial charge in [-0.15, -0.1) is 0 Å². The van der Waals surface area contributed by atoms with Gasteiger partial charge < -0.3 is 20.3 Å². The molecule has 2 aromatic heterocycles. The number of carbonyl (C=O) groups is 1. The van der Waals surface area contributed by atoms with Crippen molar-refractivity contribution < 1.29 is 9.90 Å². The summed E-state index contributed by atoms with van der Waals surface area (Å²) in [4.78, 5) is 26.1. The molecule has 3 N–H and O–H groups in total. The molecular weight excluding hydrogens is 284 g/mol. The van der Waals surface area contributed by atoms with E-state index in [-0.39, 0.29) is 11.9 Å². The van der Waals surface area contributed by atoms with Gasteiger partial charge in [0.25, 0.3) is 0 Å². The van der Waals surface area contributed by atoms with Crippen molar-refractivity contribution in [2.45, 2.75) is 38.3 Å². The molecule has 0 unspecified atom stereocenters. The standard InChI is InChI=1S/C14H20N6O2/c1-2-11(22)19-5-3-9(10(21)4-6-19)20-8-18-12-13(15)16-7-17-14(12)20/h7-10,21H,2-6H2,1H3,(H2,15,16,17)/t9-,10-/m0/s1. The van der Waals surface area contributed by atoms with E-state index in [9.17, 15) is 9.90 Å². The third-order valence-electron chi connectivity index (χ3n) is 4.23. The number of carbonyl (C=O) groups excluding carboxylic acids is 1. The van der Waals surface area contributed by atoms with Crippen LogP contribution in [-0.4, -0.2) is 54.6 Å². The van der Waals surface area contributed by atoms with Gasteiger partial charge in [-0.25, -0.2) is 15.0 Å². The van der Waals surface area contributed by atoms with Gasteiger partial charge in [-0.2, -0.15) is 0 Å². The van der Waals surface area contributed by atoms with Gasteiger partial charge in [-0.05, 0) is 12.8 Å². The van der Waals surface area contributed by atoms with Gasteiger partial charge in [-0.1, -0.05) is 6.92 Å². The molecule has 2 atom stereocenters. The number of aliphatic hydroxyl groups is 1. The number of aliphatic hydroxyl groups excluding tert-OH is 1. The molecule has 22 heavy (non-hydrogen) atoms. The molecule has 1 saturated heterocycles. The van der Waals surface area contributed by atoms with Crippen molar-refractivity contribution in [3.05, 3.63) is 12.7 Å². The number of nitrogens with two attached hydrogens (primary N) is 1. The Bertz CT molecular complexity index is 685. The number of amides is 1. The van der Waals surface area contributed by atoms with Crippen molar-refractivity contribution in [2.24, 2.45) is 0 Å². The lowest BCUT2D eigenvalue weighted by Gasteiger charge is -2.21. The van der Waals surface area contributed by atoms with E-state index >= 15 is 0 Å². The second-order valence-corrected chi connectivity index (χ2v) is 5.53. The highest BCUT2D eigenvalue weighted by Crippen LogP contribution is 2.27. The van der Waals surface area contributed by atoms with Gasteiger partial charge in [0, 0.05) is 19.5 Å². The Labute approximate surface area is 128 Å². The molecule has 2 aromatic rings. The van der Waals surface area contributed by atoms with Crippen molar-refractivity contribution in [2.75, 3.05) is 18.8 Å². The average Bonchev–Trinajstić information content (AvgIpc) is 2.86. The van der Waals surface area contributed by atoms with E-state index in [4.69, 9.17) is 5.73 Å². The van der Waals surface area contributed by atoms with Crippen molar-refractivity contribution in [3.8, 4) is 0 Å². The molecule has 1 aliphatic heterocycles. The van der Waals surface area contributed by atoms with Crippen LogP contribution in [0.1, 0.15) is 32.2 Å². The summed E-state index contributed by atoms with van der Waals surface area (Å²) >= 11 is 0. The van der Waals surface area contributed by atoms with E-state index in [0.717, 1.165) is 0 Å². The van der Waals surface area contributed by atoms with Crippen molar-refractivity contribution in [3.63, 3.8) is 0 Å². The summed E-state index contributed by atoms with van der Waals surface area (Å²) in [7, 11) is 0. The molecule has 0 radical (unpaired) electrons. The number of nitrogen functional groups attached to an aromatic ring is 1. The first-order valence-corrected chi connectivity index (χ1v) is 7.50. The van der Waals surface area contributed by atoms with E-state index in [1.807, 2.05) is 16.4 Å². The predicted molar refractivity (Wildman–Crippen MR) is 80.9 cm³/mol. The number of fused-ring (bicyclic) bond motifs is 1. The van der Waals surface area contributed by atoms with Crippen LogP contribution in [0, 0.1) is 0 Å². The van der Waals surface area contributed by atoms with Gasteiger partial charge in [0.1, 0.15) is 11.8 Å². The number of anilines is 1. The minimum atomic E-state index is -0.553. The molecule has 0 spiro atoms. The van der Waals surface area contributed by atoms with Crippen LogP contribution in [0.2, 0.25) is 0 Å². The van der Waals surface area contributed by atoms with Gasteiger partial charge in [0.2, 0.25) is 5.91 Å². The summed E-state index contributed by atoms with van der Waals surface area (Å²) in [6.07, 6.45) is 4.16. The topological polar surface area (TPSA) is 110 Å². The normalized spacial score (nSPS) is 22.7. The number of imidazole rings is 1. The molecule has 0 bridgehead atoms. The maximum absolute atomic E-state index is 11.9. The summed E-state index contributed by atoms with van der Waals surface area (Å²) in [5.41, 5.74) is 6.96. The lowest BCUT2D eigenvalue weighted by Crippen LogP contribution is -2.31. The minimum absolute atomic E-state index is 0.120. The highest BCUT2D eigenvalue weighted by atomic mass is 16.3. The van der Waals surface area contributed by atoms with Crippen LogP contribution in [0.25, 0.3) is 11.2 Å². The Hall–Kier alpha value is -2.22. The molecule has 0 aromatic carbocycles. The van der Waals surface area contributed by atoms with Gasteiger partial charge in [0.15, 0.2) is 11.5 Å². The second kappa shape index (κ2) is 5.88. The fourth-order valence-electron chi connectivity index (χ4n) is 2.98. The molecule has 1 aliphatic rings. The lowest BCUT2D eigenvalue weighted by atomic mass is 10.1. The van der Waals surface area contributed by atoms with Crippen LogP contribution in [0.3, 0.4) is 0 Å². The Morgan fingerprint density at radius 2 is 2.14 bits per heavy atom. The van der Waals surface area contributed by atoms with Gasteiger partial charge in [-0.3, -0.25) is 4.79 Å². The Morgan fingerprint density at radius 3 is 2.91 bits per heavy atom. The summed E-state index contributed by atoms with van der Waals surface area (Å²) in [5, 5.41) is 10.5. The maximum Gasteiger partial charge on any atom is 0.222 e. The first kappa shape index (κ1) is 14.7.